The number of amides is 1. The van der Waals surface area contributed by atoms with Crippen LogP contribution in [0.2, 0.25) is 0 Å². The predicted molar refractivity (Wildman–Crippen MR) is 96.4 cm³/mol. The van der Waals surface area contributed by atoms with Crippen LogP contribution in [0.25, 0.3) is 11.3 Å². The molecule has 1 atom stereocenters. The molecule has 3 rings (SSSR count). The van der Waals surface area contributed by atoms with E-state index >= 15 is 0 Å². The van der Waals surface area contributed by atoms with Gasteiger partial charge in [0.2, 0.25) is 5.91 Å². The van der Waals surface area contributed by atoms with E-state index < -0.39 is 0 Å². The summed E-state index contributed by atoms with van der Waals surface area (Å²) >= 11 is 0. The van der Waals surface area contributed by atoms with Crippen LogP contribution in [0.5, 0.6) is 5.75 Å². The Hall–Kier alpha value is -2.30. The number of carbonyl (C=O) groups is 1. The fourth-order valence-electron chi connectivity index (χ4n) is 3.47. The summed E-state index contributed by atoms with van der Waals surface area (Å²) in [6, 6.07) is 8.03. The van der Waals surface area contributed by atoms with E-state index in [9.17, 15) is 4.79 Å². The number of aryl methyl sites for hydroxylation is 1. The lowest BCUT2D eigenvalue weighted by Crippen LogP contribution is -2.38. The number of carbonyl (C=O) groups excluding carboxylic acids is 1. The Morgan fingerprint density at radius 2 is 2.12 bits per heavy atom. The maximum absolute atomic E-state index is 12.5. The number of nitrogens with zero attached hydrogens (tertiary/aromatic N) is 2. The van der Waals surface area contributed by atoms with Gasteiger partial charge >= 0.3 is 0 Å². The molecule has 1 aromatic heterocycles. The molecule has 2 heterocycles. The fraction of sp³-hybridized carbons (Fsp3) is 0.500. The molecular formula is C20H26N2O3. The molecule has 134 valence electrons. The molecule has 1 aliphatic heterocycles. The van der Waals surface area contributed by atoms with Crippen molar-refractivity contribution < 1.29 is 13.9 Å². The highest BCUT2D eigenvalue weighted by Gasteiger charge is 2.30. The monoisotopic (exact) mass is 342 g/mol. The molecule has 25 heavy (non-hydrogen) atoms. The zero-order valence-electron chi connectivity index (χ0n) is 15.2. The molecular weight excluding hydrogens is 316 g/mol. The number of aromatic nitrogens is 1. The van der Waals surface area contributed by atoms with E-state index in [2.05, 4.69) is 18.8 Å². The van der Waals surface area contributed by atoms with E-state index in [4.69, 9.17) is 9.15 Å². The summed E-state index contributed by atoms with van der Waals surface area (Å²) in [5.41, 5.74) is 0.949. The van der Waals surface area contributed by atoms with Crippen LogP contribution in [0.3, 0.4) is 0 Å². The number of methoxy groups -OCH3 is 1. The quantitative estimate of drug-likeness (QED) is 0.798. The number of hydrogen-bond donors (Lipinski definition) is 0. The SMILES string of the molecule is COc1ccc(-c2cnc(CCC(=O)N3CCC[C@H]3C(C)C)o2)cc1. The predicted octanol–water partition coefficient (Wildman–Crippen LogP) is 3.93. The number of likely N-dealkylation sites (tertiary alicyclic amines) is 1. The average Bonchev–Trinajstić information content (AvgIpc) is 3.29. The summed E-state index contributed by atoms with van der Waals surface area (Å²) in [4.78, 5) is 18.9. The molecule has 5 nitrogen and oxygen atoms in total. The van der Waals surface area contributed by atoms with Gasteiger partial charge in [-0.1, -0.05) is 13.8 Å². The molecule has 1 saturated heterocycles. The Bertz CT molecular complexity index is 706. The summed E-state index contributed by atoms with van der Waals surface area (Å²) in [5, 5.41) is 0. The van der Waals surface area contributed by atoms with E-state index in [0.29, 0.717) is 36.5 Å². The van der Waals surface area contributed by atoms with E-state index in [1.807, 2.05) is 29.2 Å². The maximum atomic E-state index is 12.5. The Kier molecular flexibility index (Phi) is 5.41. The van der Waals surface area contributed by atoms with Crippen molar-refractivity contribution in [2.24, 2.45) is 5.92 Å². The summed E-state index contributed by atoms with van der Waals surface area (Å²) in [6.07, 6.45) is 4.93. The first-order valence-electron chi connectivity index (χ1n) is 8.97. The third-order valence-electron chi connectivity index (χ3n) is 4.87. The van der Waals surface area contributed by atoms with Gasteiger partial charge < -0.3 is 14.1 Å². The molecule has 1 aliphatic rings. The van der Waals surface area contributed by atoms with Crippen LogP contribution < -0.4 is 4.74 Å². The minimum atomic E-state index is 0.209. The molecule has 0 spiro atoms. The van der Waals surface area contributed by atoms with Gasteiger partial charge in [-0.05, 0) is 43.0 Å². The van der Waals surface area contributed by atoms with Crippen molar-refractivity contribution in [3.8, 4) is 17.1 Å². The van der Waals surface area contributed by atoms with E-state index in [0.717, 1.165) is 30.7 Å². The van der Waals surface area contributed by atoms with Crippen LogP contribution in [0.15, 0.2) is 34.9 Å². The van der Waals surface area contributed by atoms with E-state index in [1.165, 1.54) is 0 Å². The molecule has 0 unspecified atom stereocenters. The lowest BCUT2D eigenvalue weighted by molar-refractivity contribution is -0.132. The topological polar surface area (TPSA) is 55.6 Å². The van der Waals surface area contributed by atoms with E-state index in [-0.39, 0.29) is 5.91 Å². The second kappa shape index (κ2) is 7.72. The zero-order chi connectivity index (χ0) is 17.8. The second-order valence-electron chi connectivity index (χ2n) is 6.89. The Balaban J connectivity index is 1.59. The maximum Gasteiger partial charge on any atom is 0.223 e. The van der Waals surface area contributed by atoms with Gasteiger partial charge in [0.1, 0.15) is 5.75 Å². The van der Waals surface area contributed by atoms with Gasteiger partial charge in [-0.3, -0.25) is 4.79 Å². The molecule has 0 N–H and O–H groups in total. The van der Waals surface area contributed by atoms with Gasteiger partial charge in [-0.25, -0.2) is 4.98 Å². The van der Waals surface area contributed by atoms with Crippen molar-refractivity contribution in [3.63, 3.8) is 0 Å². The molecule has 0 aliphatic carbocycles. The first kappa shape index (κ1) is 17.5. The van der Waals surface area contributed by atoms with Gasteiger partial charge in [-0.2, -0.15) is 0 Å². The van der Waals surface area contributed by atoms with Gasteiger partial charge in [0.15, 0.2) is 11.7 Å². The van der Waals surface area contributed by atoms with Crippen molar-refractivity contribution in [2.45, 2.75) is 45.6 Å². The highest BCUT2D eigenvalue weighted by atomic mass is 16.5. The minimum Gasteiger partial charge on any atom is -0.497 e. The molecule has 0 saturated carbocycles. The second-order valence-corrected chi connectivity index (χ2v) is 6.89. The number of hydrogen-bond acceptors (Lipinski definition) is 4. The third kappa shape index (κ3) is 4.03. The summed E-state index contributed by atoms with van der Waals surface area (Å²) in [7, 11) is 1.64. The first-order valence-corrected chi connectivity index (χ1v) is 8.97. The summed E-state index contributed by atoms with van der Waals surface area (Å²) in [5.74, 6) is 2.85. The highest BCUT2D eigenvalue weighted by molar-refractivity contribution is 5.77. The van der Waals surface area contributed by atoms with Crippen LogP contribution in [0.1, 0.15) is 39.0 Å². The molecule has 5 heteroatoms. The van der Waals surface area contributed by atoms with Gasteiger partial charge in [0.25, 0.3) is 0 Å². The Labute approximate surface area is 149 Å². The van der Waals surface area contributed by atoms with Crippen LogP contribution in [0, 0.1) is 5.92 Å². The van der Waals surface area contributed by atoms with E-state index in [1.54, 1.807) is 13.3 Å². The summed E-state index contributed by atoms with van der Waals surface area (Å²) in [6.45, 7) is 5.25. The molecule has 0 bridgehead atoms. The summed E-state index contributed by atoms with van der Waals surface area (Å²) < 4.78 is 11.0. The molecule has 0 radical (unpaired) electrons. The fourth-order valence-corrected chi connectivity index (χ4v) is 3.47. The lowest BCUT2D eigenvalue weighted by atomic mass is 10.0. The van der Waals surface area contributed by atoms with Crippen molar-refractivity contribution >= 4 is 5.91 Å². The van der Waals surface area contributed by atoms with Gasteiger partial charge in [-0.15, -0.1) is 0 Å². The molecule has 1 aromatic carbocycles. The number of ether oxygens (including phenoxy) is 1. The average molecular weight is 342 g/mol. The van der Waals surface area contributed by atoms with Gasteiger partial charge in [0, 0.05) is 31.0 Å². The minimum absolute atomic E-state index is 0.209. The van der Waals surface area contributed by atoms with Crippen LogP contribution >= 0.6 is 0 Å². The Morgan fingerprint density at radius 1 is 1.36 bits per heavy atom. The lowest BCUT2D eigenvalue weighted by Gasteiger charge is -2.27. The molecule has 1 fully saturated rings. The zero-order valence-corrected chi connectivity index (χ0v) is 15.2. The largest absolute Gasteiger partial charge is 0.497 e. The van der Waals surface area contributed by atoms with Crippen LogP contribution in [0.4, 0.5) is 0 Å². The number of benzene rings is 1. The Morgan fingerprint density at radius 3 is 2.80 bits per heavy atom. The molecule has 1 amide bonds. The normalized spacial score (nSPS) is 17.3. The number of rotatable bonds is 6. The highest BCUT2D eigenvalue weighted by Crippen LogP contribution is 2.26. The smallest absolute Gasteiger partial charge is 0.223 e. The standard InChI is InChI=1S/C20H26N2O3/c1-14(2)17-5-4-12-22(17)20(23)11-10-19-21-13-18(25-19)15-6-8-16(24-3)9-7-15/h6-9,13-14,17H,4-5,10-12H2,1-3H3/t17-/m0/s1. The molecule has 2 aromatic rings. The van der Waals surface area contributed by atoms with Crippen molar-refractivity contribution in [3.05, 3.63) is 36.4 Å². The first-order chi connectivity index (χ1) is 12.1. The van der Waals surface area contributed by atoms with Crippen molar-refractivity contribution in [2.75, 3.05) is 13.7 Å². The van der Waals surface area contributed by atoms with Crippen LogP contribution in [-0.2, 0) is 11.2 Å². The van der Waals surface area contributed by atoms with Crippen LogP contribution in [-0.4, -0.2) is 35.5 Å². The number of oxazole rings is 1. The van der Waals surface area contributed by atoms with Crippen molar-refractivity contribution in [1.29, 1.82) is 0 Å². The third-order valence-corrected chi connectivity index (χ3v) is 4.87. The van der Waals surface area contributed by atoms with Crippen molar-refractivity contribution in [1.82, 2.24) is 9.88 Å². The van der Waals surface area contributed by atoms with Gasteiger partial charge in [0.05, 0.1) is 13.3 Å².